The summed E-state index contributed by atoms with van der Waals surface area (Å²) in [6, 6.07) is 5.22. The predicted molar refractivity (Wildman–Crippen MR) is 42.7 cm³/mol. The van der Waals surface area contributed by atoms with E-state index in [1.54, 1.807) is 20.2 Å². The van der Waals surface area contributed by atoms with E-state index in [0.29, 0.717) is 5.46 Å². The third kappa shape index (κ3) is 2.03. The quantitative estimate of drug-likeness (QED) is 0.567. The monoisotopic (exact) mass is 171 g/mol. The largest absolute Gasteiger partial charge is 0.416 e. The molecule has 0 aliphatic rings. The van der Waals surface area contributed by atoms with Gasteiger partial charge in [-0.3, -0.25) is 5.46 Å². The molecule has 1 aromatic carbocycles. The Morgan fingerprint density at radius 2 is 1.92 bits per heavy atom. The van der Waals surface area contributed by atoms with Gasteiger partial charge in [0.25, 0.3) is 0 Å². The van der Waals surface area contributed by atoms with Crippen LogP contribution in [0.3, 0.4) is 0 Å². The van der Waals surface area contributed by atoms with Crippen LogP contribution in [0.2, 0.25) is 6.82 Å². The minimum atomic E-state index is -4.24. The van der Waals surface area contributed by atoms with Gasteiger partial charge < -0.3 is 7.28 Å². The molecule has 12 heavy (non-hydrogen) atoms. The van der Waals surface area contributed by atoms with E-state index in [-0.39, 0.29) is 0 Å². The maximum absolute atomic E-state index is 12.1. The number of halogens is 3. The predicted octanol–water partition coefficient (Wildman–Crippen LogP) is 2.08. The zero-order chi connectivity index (χ0) is 9.19. The average Bonchev–Trinajstić information content (AvgIpc) is 2.03. The van der Waals surface area contributed by atoms with Gasteiger partial charge in [0.15, 0.2) is 0 Å². The van der Waals surface area contributed by atoms with Crippen molar-refractivity contribution in [3.8, 4) is 0 Å². The van der Waals surface area contributed by atoms with Gasteiger partial charge in [-0.15, -0.1) is 6.07 Å². The minimum absolute atomic E-state index is 0.588. The molecule has 1 rings (SSSR count). The lowest BCUT2D eigenvalue weighted by Gasteiger charge is -2.13. The highest BCUT2D eigenvalue weighted by Gasteiger charge is 2.29. The van der Waals surface area contributed by atoms with Crippen LogP contribution in [0.1, 0.15) is 5.56 Å². The Balaban J connectivity index is 3.02. The molecule has 4 heteroatoms. The fourth-order valence-corrected chi connectivity index (χ4v) is 0.895. The van der Waals surface area contributed by atoms with Crippen molar-refractivity contribution in [2.24, 2.45) is 0 Å². The molecule has 0 aromatic heterocycles. The molecule has 0 nitrogen and oxygen atoms in total. The standard InChI is InChI=1S/C8H7BF3/c1-9-7-4-2-3-6(5-7)8(10,11)12/h2-5H,1H3/q-1. The van der Waals surface area contributed by atoms with Crippen LogP contribution >= 0.6 is 0 Å². The molecule has 0 atom stereocenters. The zero-order valence-corrected chi connectivity index (χ0v) is 6.52. The number of alkyl halides is 3. The summed E-state index contributed by atoms with van der Waals surface area (Å²) in [4.78, 5) is 0. The van der Waals surface area contributed by atoms with Gasteiger partial charge in [0.1, 0.15) is 0 Å². The Kier molecular flexibility index (Phi) is 2.45. The first kappa shape index (κ1) is 9.17. The SMILES string of the molecule is C[B-]c1cccc(C(F)(F)F)c1. The first-order chi connectivity index (χ1) is 5.54. The van der Waals surface area contributed by atoms with Crippen molar-refractivity contribution in [1.82, 2.24) is 0 Å². The molecular formula is C8H7BF3-. The maximum Gasteiger partial charge on any atom is 0.416 e. The summed E-state index contributed by atoms with van der Waals surface area (Å²) < 4.78 is 36.3. The smallest absolute Gasteiger partial charge is 0.301 e. The van der Waals surface area contributed by atoms with Crippen LogP contribution in [-0.2, 0) is 6.18 Å². The normalized spacial score (nSPS) is 11.7. The number of rotatable bonds is 1. The van der Waals surface area contributed by atoms with Crippen molar-refractivity contribution in [3.05, 3.63) is 29.8 Å². The summed E-state index contributed by atoms with van der Waals surface area (Å²) in [6.45, 7) is 1.70. The van der Waals surface area contributed by atoms with Crippen LogP contribution in [0.5, 0.6) is 0 Å². The summed E-state index contributed by atoms with van der Waals surface area (Å²) in [6.07, 6.45) is -4.24. The second-order valence-electron chi connectivity index (χ2n) is 2.41. The molecule has 0 heterocycles. The number of hydrogen-bond acceptors (Lipinski definition) is 0. The molecule has 2 radical (unpaired) electrons. The first-order valence-electron chi connectivity index (χ1n) is 3.50. The van der Waals surface area contributed by atoms with E-state index >= 15 is 0 Å². The van der Waals surface area contributed by atoms with Gasteiger partial charge in [-0.2, -0.15) is 13.2 Å². The van der Waals surface area contributed by atoms with Crippen molar-refractivity contribution < 1.29 is 13.2 Å². The van der Waals surface area contributed by atoms with E-state index in [4.69, 9.17) is 0 Å². The van der Waals surface area contributed by atoms with Gasteiger partial charge in [0, 0.05) is 0 Å². The Morgan fingerprint density at radius 3 is 2.42 bits per heavy atom. The Bertz CT molecular complexity index is 267. The van der Waals surface area contributed by atoms with Crippen LogP contribution < -0.4 is 5.46 Å². The first-order valence-corrected chi connectivity index (χ1v) is 3.50. The van der Waals surface area contributed by atoms with Gasteiger partial charge >= 0.3 is 6.18 Å². The summed E-state index contributed by atoms with van der Waals surface area (Å²) in [5.41, 5.74) is -0.0112. The summed E-state index contributed by atoms with van der Waals surface area (Å²) >= 11 is 0. The lowest BCUT2D eigenvalue weighted by molar-refractivity contribution is -0.137. The Hall–Kier alpha value is -0.925. The molecule has 0 unspecified atom stereocenters. The van der Waals surface area contributed by atoms with E-state index < -0.39 is 11.7 Å². The molecule has 0 saturated carbocycles. The minimum Gasteiger partial charge on any atom is -0.301 e. The maximum atomic E-state index is 12.1. The van der Waals surface area contributed by atoms with E-state index in [1.807, 2.05) is 0 Å². The molecule has 1 aromatic rings. The summed E-state index contributed by atoms with van der Waals surface area (Å²) in [5.74, 6) is 0. The molecule has 0 fully saturated rings. The molecule has 0 aliphatic carbocycles. The average molecular weight is 171 g/mol. The van der Waals surface area contributed by atoms with Crippen molar-refractivity contribution >= 4 is 12.7 Å². The highest BCUT2D eigenvalue weighted by molar-refractivity contribution is 6.51. The van der Waals surface area contributed by atoms with E-state index in [0.717, 1.165) is 12.1 Å². The Morgan fingerprint density at radius 1 is 1.25 bits per heavy atom. The molecule has 64 valence electrons. The van der Waals surface area contributed by atoms with Crippen LogP contribution in [-0.4, -0.2) is 7.28 Å². The Labute approximate surface area is 69.6 Å². The van der Waals surface area contributed by atoms with Crippen LogP contribution in [0.15, 0.2) is 24.3 Å². The van der Waals surface area contributed by atoms with Gasteiger partial charge in [-0.05, 0) is 0 Å². The molecule has 0 saturated heterocycles. The van der Waals surface area contributed by atoms with Crippen LogP contribution in [0.4, 0.5) is 13.2 Å². The van der Waals surface area contributed by atoms with Gasteiger partial charge in [0.05, 0.1) is 5.56 Å². The number of hydrogen-bond donors (Lipinski definition) is 0. The number of benzene rings is 1. The second kappa shape index (κ2) is 3.21. The van der Waals surface area contributed by atoms with E-state index in [9.17, 15) is 13.2 Å². The zero-order valence-electron chi connectivity index (χ0n) is 6.52. The van der Waals surface area contributed by atoms with Crippen LogP contribution in [0, 0.1) is 0 Å². The van der Waals surface area contributed by atoms with Crippen molar-refractivity contribution in [2.45, 2.75) is 13.0 Å². The lowest BCUT2D eigenvalue weighted by Crippen LogP contribution is -2.14. The summed E-state index contributed by atoms with van der Waals surface area (Å²) in [5, 5.41) is 0. The summed E-state index contributed by atoms with van der Waals surface area (Å²) in [7, 11) is 1.63. The molecule has 0 N–H and O–H groups in total. The van der Waals surface area contributed by atoms with Crippen molar-refractivity contribution in [2.75, 3.05) is 0 Å². The topological polar surface area (TPSA) is 0 Å². The highest BCUT2D eigenvalue weighted by atomic mass is 19.4. The van der Waals surface area contributed by atoms with Crippen LogP contribution in [0.25, 0.3) is 0 Å². The molecule has 0 spiro atoms. The fourth-order valence-electron chi connectivity index (χ4n) is 0.895. The molecule has 0 aliphatic heterocycles. The third-order valence-corrected chi connectivity index (χ3v) is 1.55. The third-order valence-electron chi connectivity index (χ3n) is 1.55. The van der Waals surface area contributed by atoms with Gasteiger partial charge in [0.2, 0.25) is 0 Å². The van der Waals surface area contributed by atoms with Crippen molar-refractivity contribution in [3.63, 3.8) is 0 Å². The van der Waals surface area contributed by atoms with E-state index in [1.165, 1.54) is 6.07 Å². The second-order valence-corrected chi connectivity index (χ2v) is 2.41. The molecular weight excluding hydrogens is 164 g/mol. The molecule has 0 amide bonds. The van der Waals surface area contributed by atoms with Gasteiger partial charge in [-0.25, -0.2) is 6.82 Å². The fraction of sp³-hybridized carbons (Fsp3) is 0.250. The molecule has 0 bridgehead atoms. The lowest BCUT2D eigenvalue weighted by atomic mass is 9.73. The van der Waals surface area contributed by atoms with Gasteiger partial charge in [-0.1, -0.05) is 18.2 Å². The van der Waals surface area contributed by atoms with E-state index in [2.05, 4.69) is 0 Å². The van der Waals surface area contributed by atoms with Crippen molar-refractivity contribution in [1.29, 1.82) is 0 Å². The highest BCUT2D eigenvalue weighted by Crippen LogP contribution is 2.27.